The van der Waals surface area contributed by atoms with Gasteiger partial charge >= 0.3 is 0 Å². The van der Waals surface area contributed by atoms with E-state index in [1.807, 2.05) is 0 Å². The molecule has 0 unspecified atom stereocenters. The summed E-state index contributed by atoms with van der Waals surface area (Å²) in [5, 5.41) is 21.0. The standard InChI is InChI=1S/C11H15NO4/c1-7(13)6-12-11(15)8-3-4-10(16-2)9(14)5-8/h3-5,7,13-14H,6H2,1-2H3,(H,12,15)/t7-/m1/s1. The number of carbonyl (C=O) groups excluding carboxylic acids is 1. The maximum absolute atomic E-state index is 11.5. The molecule has 0 heterocycles. The molecule has 0 saturated heterocycles. The summed E-state index contributed by atoms with van der Waals surface area (Å²) in [4.78, 5) is 11.5. The molecule has 16 heavy (non-hydrogen) atoms. The molecule has 1 aromatic rings. The summed E-state index contributed by atoms with van der Waals surface area (Å²) in [5.74, 6) is -0.127. The Balaban J connectivity index is 2.73. The lowest BCUT2D eigenvalue weighted by atomic mass is 10.2. The van der Waals surface area contributed by atoms with E-state index in [4.69, 9.17) is 9.84 Å². The van der Waals surface area contributed by atoms with Crippen molar-refractivity contribution in [2.24, 2.45) is 0 Å². The van der Waals surface area contributed by atoms with Crippen LogP contribution in [0.25, 0.3) is 0 Å². The molecule has 0 fully saturated rings. The Hall–Kier alpha value is -1.75. The third-order valence-electron chi connectivity index (χ3n) is 2.00. The van der Waals surface area contributed by atoms with Gasteiger partial charge in [-0.3, -0.25) is 4.79 Å². The molecule has 5 nitrogen and oxygen atoms in total. The van der Waals surface area contributed by atoms with Gasteiger partial charge in [-0.25, -0.2) is 0 Å². The zero-order chi connectivity index (χ0) is 12.1. The Morgan fingerprint density at radius 3 is 2.75 bits per heavy atom. The van der Waals surface area contributed by atoms with Crippen LogP contribution >= 0.6 is 0 Å². The third kappa shape index (κ3) is 3.13. The number of phenolic OH excluding ortho intramolecular Hbond substituents is 1. The first-order valence-corrected chi connectivity index (χ1v) is 4.88. The Morgan fingerprint density at radius 1 is 1.56 bits per heavy atom. The van der Waals surface area contributed by atoms with Gasteiger partial charge < -0.3 is 20.3 Å². The number of phenols is 1. The maximum Gasteiger partial charge on any atom is 0.251 e. The molecule has 3 N–H and O–H groups in total. The van der Waals surface area contributed by atoms with E-state index in [1.54, 1.807) is 6.92 Å². The molecule has 1 rings (SSSR count). The van der Waals surface area contributed by atoms with Gasteiger partial charge in [-0.1, -0.05) is 0 Å². The Bertz CT molecular complexity index is 376. The summed E-state index contributed by atoms with van der Waals surface area (Å²) in [6.45, 7) is 1.75. The van der Waals surface area contributed by atoms with Crippen LogP contribution in [-0.2, 0) is 0 Å². The van der Waals surface area contributed by atoms with Gasteiger partial charge in [0.05, 0.1) is 13.2 Å². The molecule has 1 atom stereocenters. The molecule has 0 saturated carbocycles. The molecule has 0 aromatic heterocycles. The minimum atomic E-state index is -0.601. The first-order chi connectivity index (χ1) is 7.54. The lowest BCUT2D eigenvalue weighted by molar-refractivity contribution is 0.0923. The van der Waals surface area contributed by atoms with Crippen molar-refractivity contribution < 1.29 is 19.7 Å². The number of carbonyl (C=O) groups is 1. The zero-order valence-corrected chi connectivity index (χ0v) is 9.23. The van der Waals surface area contributed by atoms with Crippen molar-refractivity contribution >= 4 is 5.91 Å². The highest BCUT2D eigenvalue weighted by atomic mass is 16.5. The molecule has 1 aromatic carbocycles. The highest BCUT2D eigenvalue weighted by Gasteiger charge is 2.09. The van der Waals surface area contributed by atoms with Crippen molar-refractivity contribution in [2.45, 2.75) is 13.0 Å². The Labute approximate surface area is 93.7 Å². The molecule has 5 heteroatoms. The van der Waals surface area contributed by atoms with Crippen LogP contribution in [0.5, 0.6) is 11.5 Å². The number of benzene rings is 1. The van der Waals surface area contributed by atoms with E-state index in [2.05, 4.69) is 5.32 Å². The summed E-state index contributed by atoms with van der Waals surface area (Å²) >= 11 is 0. The topological polar surface area (TPSA) is 78.8 Å². The van der Waals surface area contributed by atoms with E-state index in [0.717, 1.165) is 0 Å². The minimum absolute atomic E-state index is 0.0906. The van der Waals surface area contributed by atoms with Gasteiger partial charge in [0.25, 0.3) is 5.91 Å². The number of amides is 1. The van der Waals surface area contributed by atoms with Gasteiger partial charge in [0.15, 0.2) is 11.5 Å². The largest absolute Gasteiger partial charge is 0.504 e. The monoisotopic (exact) mass is 225 g/mol. The quantitative estimate of drug-likeness (QED) is 0.697. The average molecular weight is 225 g/mol. The fraction of sp³-hybridized carbons (Fsp3) is 0.364. The Morgan fingerprint density at radius 2 is 2.25 bits per heavy atom. The molecular formula is C11H15NO4. The second-order valence-corrected chi connectivity index (χ2v) is 3.45. The molecule has 0 bridgehead atoms. The first-order valence-electron chi connectivity index (χ1n) is 4.88. The van der Waals surface area contributed by atoms with Crippen LogP contribution in [0, 0.1) is 0 Å². The van der Waals surface area contributed by atoms with Gasteiger partial charge in [0.2, 0.25) is 0 Å². The number of aliphatic hydroxyl groups excluding tert-OH is 1. The van der Waals surface area contributed by atoms with Gasteiger partial charge in [0.1, 0.15) is 0 Å². The smallest absolute Gasteiger partial charge is 0.251 e. The van der Waals surface area contributed by atoms with E-state index in [-0.39, 0.29) is 18.2 Å². The van der Waals surface area contributed by atoms with Crippen molar-refractivity contribution in [3.63, 3.8) is 0 Å². The highest BCUT2D eigenvalue weighted by molar-refractivity contribution is 5.94. The van der Waals surface area contributed by atoms with E-state index in [9.17, 15) is 9.90 Å². The van der Waals surface area contributed by atoms with Crippen molar-refractivity contribution in [3.05, 3.63) is 23.8 Å². The lowest BCUT2D eigenvalue weighted by Crippen LogP contribution is -2.30. The van der Waals surface area contributed by atoms with Crippen molar-refractivity contribution in [1.82, 2.24) is 5.32 Å². The minimum Gasteiger partial charge on any atom is -0.504 e. The maximum atomic E-state index is 11.5. The van der Waals surface area contributed by atoms with Crippen molar-refractivity contribution in [2.75, 3.05) is 13.7 Å². The molecule has 1 amide bonds. The van der Waals surface area contributed by atoms with Gasteiger partial charge in [-0.05, 0) is 25.1 Å². The van der Waals surface area contributed by atoms with E-state index < -0.39 is 6.10 Å². The van der Waals surface area contributed by atoms with Gasteiger partial charge in [-0.2, -0.15) is 0 Å². The SMILES string of the molecule is COc1ccc(C(=O)NC[C@@H](C)O)cc1O. The summed E-state index contributed by atoms with van der Waals surface area (Å²) in [7, 11) is 1.43. The normalized spacial score (nSPS) is 11.9. The molecule has 88 valence electrons. The predicted molar refractivity (Wildman–Crippen MR) is 58.7 cm³/mol. The van der Waals surface area contributed by atoms with E-state index >= 15 is 0 Å². The number of aromatic hydroxyl groups is 1. The lowest BCUT2D eigenvalue weighted by Gasteiger charge is -2.08. The van der Waals surface area contributed by atoms with E-state index in [1.165, 1.54) is 25.3 Å². The number of nitrogens with one attached hydrogen (secondary N) is 1. The molecule has 0 aliphatic heterocycles. The first kappa shape index (κ1) is 12.3. The third-order valence-corrected chi connectivity index (χ3v) is 2.00. The second-order valence-electron chi connectivity index (χ2n) is 3.45. The fourth-order valence-electron chi connectivity index (χ4n) is 1.17. The van der Waals surface area contributed by atoms with Crippen molar-refractivity contribution in [3.8, 4) is 11.5 Å². The molecule has 0 aliphatic rings. The fourth-order valence-corrected chi connectivity index (χ4v) is 1.17. The molecule has 0 radical (unpaired) electrons. The van der Waals surface area contributed by atoms with Crippen LogP contribution in [-0.4, -0.2) is 35.9 Å². The Kier molecular flexibility index (Phi) is 4.13. The summed E-state index contributed by atoms with van der Waals surface area (Å²) < 4.78 is 4.86. The van der Waals surface area contributed by atoms with Crippen molar-refractivity contribution in [1.29, 1.82) is 0 Å². The van der Waals surface area contributed by atoms with Gasteiger partial charge in [-0.15, -0.1) is 0 Å². The number of rotatable bonds is 4. The number of ether oxygens (including phenoxy) is 1. The van der Waals surface area contributed by atoms with Crippen LogP contribution in [0.15, 0.2) is 18.2 Å². The molecule has 0 aliphatic carbocycles. The van der Waals surface area contributed by atoms with Gasteiger partial charge in [0, 0.05) is 12.1 Å². The van der Waals surface area contributed by atoms with Crippen LogP contribution in [0.1, 0.15) is 17.3 Å². The summed E-state index contributed by atoms with van der Waals surface area (Å²) in [6, 6.07) is 4.36. The van der Waals surface area contributed by atoms with E-state index in [0.29, 0.717) is 11.3 Å². The van der Waals surface area contributed by atoms with Crippen LogP contribution in [0.3, 0.4) is 0 Å². The van der Waals surface area contributed by atoms with Crippen LogP contribution in [0.2, 0.25) is 0 Å². The zero-order valence-electron chi connectivity index (χ0n) is 9.23. The average Bonchev–Trinajstić information content (AvgIpc) is 2.25. The number of hydrogen-bond acceptors (Lipinski definition) is 4. The number of methoxy groups -OCH3 is 1. The summed E-state index contributed by atoms with van der Waals surface area (Å²) in [5.41, 5.74) is 0.318. The predicted octanol–water partition coefficient (Wildman–Crippen LogP) is 0.511. The molecular weight excluding hydrogens is 210 g/mol. The van der Waals surface area contributed by atoms with Crippen LogP contribution in [0.4, 0.5) is 0 Å². The second kappa shape index (κ2) is 5.37. The summed E-state index contributed by atoms with van der Waals surface area (Å²) in [6.07, 6.45) is -0.601. The van der Waals surface area contributed by atoms with Crippen LogP contribution < -0.4 is 10.1 Å². The molecule has 0 spiro atoms. The number of hydrogen-bond donors (Lipinski definition) is 3. The highest BCUT2D eigenvalue weighted by Crippen LogP contribution is 2.25. The number of aliphatic hydroxyl groups is 1.